The van der Waals surface area contributed by atoms with E-state index in [0.717, 1.165) is 21.7 Å². The molecule has 0 aromatic heterocycles. The Labute approximate surface area is 285 Å². The fraction of sp³-hybridized carbons (Fsp3) is 0.268. The number of phenolic OH excluding ortho intramolecular Hbond substituents is 1. The van der Waals surface area contributed by atoms with Crippen LogP contribution in [0.4, 0.5) is 5.69 Å². The smallest absolute Gasteiger partial charge is 0.260 e. The first-order valence-electron chi connectivity index (χ1n) is 16.9. The number of benzene rings is 4. The van der Waals surface area contributed by atoms with Crippen LogP contribution in [0.25, 0.3) is 0 Å². The van der Waals surface area contributed by atoms with Gasteiger partial charge >= 0.3 is 0 Å². The summed E-state index contributed by atoms with van der Waals surface area (Å²) >= 11 is 0. The van der Waals surface area contributed by atoms with Crippen molar-refractivity contribution >= 4 is 29.3 Å². The molecule has 1 saturated carbocycles. The Kier molecular flexibility index (Phi) is 7.28. The minimum atomic E-state index is -1.42. The number of hydrazine groups is 1. The van der Waals surface area contributed by atoms with E-state index in [1.165, 1.54) is 4.90 Å². The molecule has 4 amide bonds. The molecule has 246 valence electrons. The van der Waals surface area contributed by atoms with E-state index >= 15 is 4.79 Å². The summed E-state index contributed by atoms with van der Waals surface area (Å²) in [5, 5.41) is 12.8. The van der Waals surface area contributed by atoms with Gasteiger partial charge in [-0.2, -0.15) is 5.01 Å². The third kappa shape index (κ3) is 4.57. The number of likely N-dealkylation sites (tertiary alicyclic amines) is 1. The van der Waals surface area contributed by atoms with Gasteiger partial charge in [0.2, 0.25) is 11.8 Å². The van der Waals surface area contributed by atoms with E-state index in [9.17, 15) is 19.5 Å². The number of aromatic hydroxyl groups is 1. The molecule has 8 rings (SSSR count). The minimum Gasteiger partial charge on any atom is -0.507 e. The maximum absolute atomic E-state index is 15.2. The molecule has 2 heterocycles. The van der Waals surface area contributed by atoms with Gasteiger partial charge in [0.1, 0.15) is 5.75 Å². The lowest BCUT2D eigenvalue weighted by atomic mass is 9.49. The highest BCUT2D eigenvalue weighted by Gasteiger charge is 2.70. The molecular formula is C41H37N3O5. The Bertz CT molecular complexity index is 2030. The lowest BCUT2D eigenvalue weighted by Crippen LogP contribution is -2.53. The average molecular weight is 652 g/mol. The van der Waals surface area contributed by atoms with Crippen LogP contribution in [-0.2, 0) is 31.1 Å². The number of hydrogen-bond acceptors (Lipinski definition) is 6. The molecular weight excluding hydrogens is 614 g/mol. The van der Waals surface area contributed by atoms with E-state index in [-0.39, 0.29) is 30.5 Å². The predicted molar refractivity (Wildman–Crippen MR) is 184 cm³/mol. The minimum absolute atomic E-state index is 0.0509. The van der Waals surface area contributed by atoms with E-state index in [1.54, 1.807) is 0 Å². The molecule has 4 aliphatic rings. The third-order valence-electron chi connectivity index (χ3n) is 11.2. The fourth-order valence-electron chi connectivity index (χ4n) is 8.99. The van der Waals surface area contributed by atoms with Crippen molar-refractivity contribution in [3.8, 4) is 5.75 Å². The number of hydrogen-bond donors (Lipinski definition) is 2. The van der Waals surface area contributed by atoms with Gasteiger partial charge in [-0.05, 0) is 61.4 Å². The van der Waals surface area contributed by atoms with Crippen LogP contribution in [-0.4, -0.2) is 38.6 Å². The number of allylic oxidation sites excluding steroid dienone is 2. The van der Waals surface area contributed by atoms with Crippen LogP contribution in [0.5, 0.6) is 5.75 Å². The lowest BCUT2D eigenvalue weighted by molar-refractivity contribution is -0.142. The Morgan fingerprint density at radius 1 is 0.776 bits per heavy atom. The Morgan fingerprint density at radius 3 is 2.18 bits per heavy atom. The van der Waals surface area contributed by atoms with Gasteiger partial charge in [-0.3, -0.25) is 29.5 Å². The second-order valence-corrected chi connectivity index (χ2v) is 13.9. The molecule has 0 bridgehead atoms. The number of nitrogens with zero attached hydrogens (tertiary/aromatic N) is 2. The van der Waals surface area contributed by atoms with Crippen molar-refractivity contribution in [1.82, 2.24) is 9.91 Å². The van der Waals surface area contributed by atoms with Crippen molar-refractivity contribution in [1.29, 1.82) is 0 Å². The first-order chi connectivity index (χ1) is 23.7. The molecule has 49 heavy (non-hydrogen) atoms. The average Bonchev–Trinajstić information content (AvgIpc) is 3.48. The van der Waals surface area contributed by atoms with Gasteiger partial charge in [-0.25, -0.2) is 0 Å². The maximum atomic E-state index is 15.2. The van der Waals surface area contributed by atoms with Crippen LogP contribution < -0.4 is 5.43 Å². The summed E-state index contributed by atoms with van der Waals surface area (Å²) in [4.78, 5) is 59.5. The van der Waals surface area contributed by atoms with Crippen LogP contribution in [0, 0.1) is 37.5 Å². The first-order valence-corrected chi connectivity index (χ1v) is 16.9. The third-order valence-corrected chi connectivity index (χ3v) is 11.2. The van der Waals surface area contributed by atoms with E-state index in [0.29, 0.717) is 28.8 Å². The van der Waals surface area contributed by atoms with Gasteiger partial charge in [-0.1, -0.05) is 108 Å². The monoisotopic (exact) mass is 651 g/mol. The van der Waals surface area contributed by atoms with E-state index in [1.807, 2.05) is 123 Å². The van der Waals surface area contributed by atoms with Gasteiger partial charge in [0, 0.05) is 11.5 Å². The quantitative estimate of drug-likeness (QED) is 0.190. The summed E-state index contributed by atoms with van der Waals surface area (Å²) < 4.78 is 0. The number of carbonyl (C=O) groups excluding carboxylic acids is 4. The van der Waals surface area contributed by atoms with E-state index in [2.05, 4.69) is 5.43 Å². The Morgan fingerprint density at radius 2 is 1.47 bits per heavy atom. The second-order valence-electron chi connectivity index (χ2n) is 13.9. The van der Waals surface area contributed by atoms with Crippen molar-refractivity contribution in [3.63, 3.8) is 0 Å². The topological polar surface area (TPSA) is 107 Å². The second kappa shape index (κ2) is 11.6. The number of amides is 4. The number of nitrogens with one attached hydrogen (secondary N) is 1. The number of aryl methyl sites for hydroxylation is 2. The molecule has 2 aliphatic carbocycles. The van der Waals surface area contributed by atoms with Crippen LogP contribution in [0.3, 0.4) is 0 Å². The number of phenols is 1. The summed E-state index contributed by atoms with van der Waals surface area (Å²) in [6.07, 6.45) is 2.56. The standard InChI is InChI=1S/C41H37N3O5/c1-24-16-18-28(19-17-24)42-44-38(47)33-22-32-29(20-21-30-34(32)39(48)43(37(30)46)23-26-11-5-3-6-12-26)35(31-15-9-10-25(2)36(31)45)41(33,40(44)49)27-13-7-4-8-14-27/h3-20,30,32-35,42,45H,21-23H2,1-2H3/t30-,32+,33-,34-,35+,41+/m0/s1. The summed E-state index contributed by atoms with van der Waals surface area (Å²) in [6, 6.07) is 31.8. The van der Waals surface area contributed by atoms with Crippen molar-refractivity contribution in [2.45, 2.75) is 44.6 Å². The van der Waals surface area contributed by atoms with E-state index in [4.69, 9.17) is 0 Å². The first kappa shape index (κ1) is 30.8. The van der Waals surface area contributed by atoms with Crippen LogP contribution in [0.15, 0.2) is 115 Å². The summed E-state index contributed by atoms with van der Waals surface area (Å²) in [7, 11) is 0. The van der Waals surface area contributed by atoms with Gasteiger partial charge in [0.05, 0.1) is 35.4 Å². The van der Waals surface area contributed by atoms with E-state index < -0.39 is 46.8 Å². The van der Waals surface area contributed by atoms with Crippen molar-refractivity contribution in [3.05, 3.63) is 143 Å². The zero-order chi connectivity index (χ0) is 34.0. The van der Waals surface area contributed by atoms with Gasteiger partial charge in [0.15, 0.2) is 0 Å². The molecule has 0 spiro atoms. The number of anilines is 1. The molecule has 4 aromatic carbocycles. The van der Waals surface area contributed by atoms with Crippen molar-refractivity contribution in [2.24, 2.45) is 23.7 Å². The SMILES string of the molecule is Cc1ccc(NN2C(=O)[C@@H]3C[C@@H]4C(=CC[C@@H]5C(=O)N(Cc6ccccc6)C(=O)[C@@H]54)[C@H](c4cccc(C)c4O)[C@]3(c3ccccc3)C2=O)cc1. The molecule has 0 radical (unpaired) electrons. The summed E-state index contributed by atoms with van der Waals surface area (Å²) in [5.41, 5.74) is 6.84. The van der Waals surface area contributed by atoms with Gasteiger partial charge < -0.3 is 5.11 Å². The lowest BCUT2D eigenvalue weighted by Gasteiger charge is -2.50. The van der Waals surface area contributed by atoms with Crippen molar-refractivity contribution < 1.29 is 24.3 Å². The molecule has 2 aliphatic heterocycles. The molecule has 6 atom stereocenters. The molecule has 4 aromatic rings. The molecule has 3 fully saturated rings. The van der Waals surface area contributed by atoms with Crippen molar-refractivity contribution in [2.75, 3.05) is 5.43 Å². The van der Waals surface area contributed by atoms with Gasteiger partial charge in [-0.15, -0.1) is 0 Å². The highest BCUT2D eigenvalue weighted by Crippen LogP contribution is 2.65. The summed E-state index contributed by atoms with van der Waals surface area (Å²) in [6.45, 7) is 3.95. The zero-order valence-electron chi connectivity index (χ0n) is 27.4. The van der Waals surface area contributed by atoms with Crippen LogP contribution >= 0.6 is 0 Å². The van der Waals surface area contributed by atoms with Gasteiger partial charge in [0.25, 0.3) is 11.8 Å². The normalized spacial score (nSPS) is 27.5. The largest absolute Gasteiger partial charge is 0.507 e. The molecule has 0 unspecified atom stereocenters. The Hall–Kier alpha value is -5.50. The number of imide groups is 2. The fourth-order valence-corrected chi connectivity index (χ4v) is 8.99. The maximum Gasteiger partial charge on any atom is 0.260 e. The highest BCUT2D eigenvalue weighted by atomic mass is 16.3. The Balaban J connectivity index is 1.30. The number of rotatable bonds is 6. The zero-order valence-corrected chi connectivity index (χ0v) is 27.4. The molecule has 2 saturated heterocycles. The number of para-hydroxylation sites is 1. The molecule has 2 N–H and O–H groups in total. The van der Waals surface area contributed by atoms with Crippen LogP contribution in [0.1, 0.15) is 46.6 Å². The predicted octanol–water partition coefficient (Wildman–Crippen LogP) is 6.19. The molecule has 8 heteroatoms. The number of carbonyl (C=O) groups is 4. The highest BCUT2D eigenvalue weighted by molar-refractivity contribution is 6.13. The van der Waals surface area contributed by atoms with Crippen LogP contribution in [0.2, 0.25) is 0 Å². The number of fused-ring (bicyclic) bond motifs is 4. The molecule has 8 nitrogen and oxygen atoms in total. The summed E-state index contributed by atoms with van der Waals surface area (Å²) in [5.74, 6) is -4.60.